The second-order valence-electron chi connectivity index (χ2n) is 6.95. The minimum atomic E-state index is 0.392. The topological polar surface area (TPSA) is 53.6 Å². The van der Waals surface area contributed by atoms with Crippen LogP contribution in [0.2, 0.25) is 0 Å². The molecule has 24 heavy (non-hydrogen) atoms. The lowest BCUT2D eigenvalue weighted by Crippen LogP contribution is -2.32. The molecular weight excluding hydrogens is 296 g/mol. The van der Waals surface area contributed by atoms with Crippen molar-refractivity contribution in [2.45, 2.75) is 38.1 Å². The van der Waals surface area contributed by atoms with E-state index in [2.05, 4.69) is 52.5 Å². The Morgan fingerprint density at radius 1 is 1.21 bits per heavy atom. The van der Waals surface area contributed by atoms with Crippen molar-refractivity contribution >= 4 is 11.0 Å². The summed E-state index contributed by atoms with van der Waals surface area (Å²) in [6, 6.07) is 13.3. The standard InChI is InChI=1S/C20H24N4/c1-14(20-23-13-19-17(24-20)8-10-22-19)11-15-7-9-21-18(12-15)16-5-3-2-4-6-16/h2-6,8,10,13-15,18,21-22H,7,9,11-12H2,1H3. The number of nitrogens with one attached hydrogen (secondary N) is 2. The predicted octanol–water partition coefficient (Wildman–Crippen LogP) is 4.19. The molecule has 1 aliphatic rings. The number of aromatic amines is 1. The quantitative estimate of drug-likeness (QED) is 0.758. The van der Waals surface area contributed by atoms with E-state index in [9.17, 15) is 0 Å². The summed E-state index contributed by atoms with van der Waals surface area (Å²) in [6.07, 6.45) is 7.41. The van der Waals surface area contributed by atoms with Crippen molar-refractivity contribution in [3.63, 3.8) is 0 Å². The van der Waals surface area contributed by atoms with Crippen molar-refractivity contribution in [1.82, 2.24) is 20.3 Å². The number of piperidine rings is 1. The Morgan fingerprint density at radius 2 is 2.08 bits per heavy atom. The van der Waals surface area contributed by atoms with E-state index < -0.39 is 0 Å². The lowest BCUT2D eigenvalue weighted by molar-refractivity contribution is 0.278. The highest BCUT2D eigenvalue weighted by Crippen LogP contribution is 2.33. The highest BCUT2D eigenvalue weighted by Gasteiger charge is 2.25. The summed E-state index contributed by atoms with van der Waals surface area (Å²) in [7, 11) is 0. The lowest BCUT2D eigenvalue weighted by Gasteiger charge is -2.32. The molecule has 3 unspecified atom stereocenters. The van der Waals surface area contributed by atoms with Gasteiger partial charge in [0, 0.05) is 18.2 Å². The number of hydrogen-bond donors (Lipinski definition) is 2. The first-order chi connectivity index (χ1) is 11.8. The van der Waals surface area contributed by atoms with E-state index in [1.165, 1.54) is 18.4 Å². The Hall–Kier alpha value is -2.20. The van der Waals surface area contributed by atoms with Gasteiger partial charge >= 0.3 is 0 Å². The van der Waals surface area contributed by atoms with Crippen LogP contribution in [-0.4, -0.2) is 21.5 Å². The fraction of sp³-hybridized carbons (Fsp3) is 0.400. The lowest BCUT2D eigenvalue weighted by atomic mass is 9.83. The van der Waals surface area contributed by atoms with Crippen LogP contribution in [0.25, 0.3) is 11.0 Å². The Labute approximate surface area is 142 Å². The molecule has 4 heteroatoms. The predicted molar refractivity (Wildman–Crippen MR) is 96.8 cm³/mol. The van der Waals surface area contributed by atoms with Gasteiger partial charge in [0.25, 0.3) is 0 Å². The molecule has 0 spiro atoms. The average Bonchev–Trinajstić information content (AvgIpc) is 3.10. The Balaban J connectivity index is 1.44. The fourth-order valence-electron chi connectivity index (χ4n) is 3.85. The summed E-state index contributed by atoms with van der Waals surface area (Å²) in [4.78, 5) is 12.4. The van der Waals surface area contributed by atoms with E-state index in [0.29, 0.717) is 12.0 Å². The average molecular weight is 320 g/mol. The molecule has 2 aromatic heterocycles. The first kappa shape index (κ1) is 15.3. The molecule has 0 amide bonds. The summed E-state index contributed by atoms with van der Waals surface area (Å²) in [6.45, 7) is 3.35. The van der Waals surface area contributed by atoms with Gasteiger partial charge in [0.2, 0.25) is 0 Å². The number of hydrogen-bond acceptors (Lipinski definition) is 3. The summed E-state index contributed by atoms with van der Waals surface area (Å²) >= 11 is 0. The molecule has 0 radical (unpaired) electrons. The van der Waals surface area contributed by atoms with Crippen molar-refractivity contribution in [1.29, 1.82) is 0 Å². The molecule has 3 aromatic rings. The second-order valence-corrected chi connectivity index (χ2v) is 6.95. The third-order valence-corrected chi connectivity index (χ3v) is 5.16. The fourth-order valence-corrected chi connectivity index (χ4v) is 3.85. The van der Waals surface area contributed by atoms with E-state index >= 15 is 0 Å². The molecular formula is C20H24N4. The van der Waals surface area contributed by atoms with Gasteiger partial charge < -0.3 is 10.3 Å². The van der Waals surface area contributed by atoms with Crippen LogP contribution in [0.1, 0.15) is 49.5 Å². The molecule has 1 aromatic carbocycles. The molecule has 0 bridgehead atoms. The van der Waals surface area contributed by atoms with Crippen molar-refractivity contribution in [3.8, 4) is 0 Å². The summed E-state index contributed by atoms with van der Waals surface area (Å²) < 4.78 is 0. The van der Waals surface area contributed by atoms with Gasteiger partial charge in [-0.25, -0.2) is 9.97 Å². The summed E-state index contributed by atoms with van der Waals surface area (Å²) in [5.74, 6) is 2.08. The third kappa shape index (κ3) is 3.20. The van der Waals surface area contributed by atoms with Crippen LogP contribution in [0.5, 0.6) is 0 Å². The zero-order valence-electron chi connectivity index (χ0n) is 14.1. The summed E-state index contributed by atoms with van der Waals surface area (Å²) in [5, 5.41) is 3.66. The maximum atomic E-state index is 4.72. The molecule has 0 saturated carbocycles. The Morgan fingerprint density at radius 3 is 2.96 bits per heavy atom. The number of benzene rings is 1. The van der Waals surface area contributed by atoms with Gasteiger partial charge in [-0.15, -0.1) is 0 Å². The van der Waals surface area contributed by atoms with Crippen LogP contribution in [0, 0.1) is 5.92 Å². The molecule has 1 fully saturated rings. The second kappa shape index (κ2) is 6.73. The Bertz CT molecular complexity index is 796. The van der Waals surface area contributed by atoms with Crippen LogP contribution in [0.4, 0.5) is 0 Å². The van der Waals surface area contributed by atoms with Crippen LogP contribution in [-0.2, 0) is 0 Å². The maximum absolute atomic E-state index is 4.72. The van der Waals surface area contributed by atoms with Crippen LogP contribution < -0.4 is 5.32 Å². The van der Waals surface area contributed by atoms with Gasteiger partial charge in [0.1, 0.15) is 5.82 Å². The molecule has 1 saturated heterocycles. The van der Waals surface area contributed by atoms with E-state index in [1.54, 1.807) is 0 Å². The van der Waals surface area contributed by atoms with Crippen molar-refractivity contribution in [3.05, 3.63) is 60.2 Å². The third-order valence-electron chi connectivity index (χ3n) is 5.16. The largest absolute Gasteiger partial charge is 0.359 e. The van der Waals surface area contributed by atoms with Crippen LogP contribution >= 0.6 is 0 Å². The van der Waals surface area contributed by atoms with Gasteiger partial charge in [-0.3, -0.25) is 0 Å². The number of fused-ring (bicyclic) bond motifs is 1. The van der Waals surface area contributed by atoms with Gasteiger partial charge in [-0.1, -0.05) is 37.3 Å². The highest BCUT2D eigenvalue weighted by molar-refractivity contribution is 5.73. The van der Waals surface area contributed by atoms with Gasteiger partial charge in [-0.05, 0) is 43.4 Å². The first-order valence-corrected chi connectivity index (χ1v) is 8.88. The van der Waals surface area contributed by atoms with E-state index in [0.717, 1.165) is 35.7 Å². The molecule has 4 nitrogen and oxygen atoms in total. The zero-order chi connectivity index (χ0) is 16.4. The van der Waals surface area contributed by atoms with Gasteiger partial charge in [0.15, 0.2) is 0 Å². The first-order valence-electron chi connectivity index (χ1n) is 8.88. The normalized spacial score (nSPS) is 22.5. The van der Waals surface area contributed by atoms with Crippen molar-refractivity contribution in [2.24, 2.45) is 5.92 Å². The number of nitrogens with zero attached hydrogens (tertiary/aromatic N) is 2. The molecule has 3 atom stereocenters. The number of H-pyrrole nitrogens is 1. The molecule has 0 aliphatic carbocycles. The van der Waals surface area contributed by atoms with E-state index in [-0.39, 0.29) is 0 Å². The number of rotatable bonds is 4. The minimum absolute atomic E-state index is 0.392. The monoisotopic (exact) mass is 320 g/mol. The van der Waals surface area contributed by atoms with Gasteiger partial charge in [0.05, 0.1) is 17.2 Å². The molecule has 2 N–H and O–H groups in total. The molecule has 1 aliphatic heterocycles. The van der Waals surface area contributed by atoms with Crippen molar-refractivity contribution < 1.29 is 0 Å². The molecule has 4 rings (SSSR count). The molecule has 3 heterocycles. The smallest absolute Gasteiger partial charge is 0.131 e. The van der Waals surface area contributed by atoms with Crippen LogP contribution in [0.3, 0.4) is 0 Å². The van der Waals surface area contributed by atoms with Crippen molar-refractivity contribution in [2.75, 3.05) is 6.54 Å². The zero-order valence-corrected chi connectivity index (χ0v) is 14.1. The maximum Gasteiger partial charge on any atom is 0.131 e. The van der Waals surface area contributed by atoms with Crippen LogP contribution in [0.15, 0.2) is 48.8 Å². The van der Waals surface area contributed by atoms with Gasteiger partial charge in [-0.2, -0.15) is 0 Å². The van der Waals surface area contributed by atoms with E-state index in [4.69, 9.17) is 4.98 Å². The minimum Gasteiger partial charge on any atom is -0.359 e. The van der Waals surface area contributed by atoms with E-state index in [1.807, 2.05) is 18.5 Å². The highest BCUT2D eigenvalue weighted by atomic mass is 14.9. The number of aromatic nitrogens is 3. The molecule has 124 valence electrons. The SMILES string of the molecule is CC(CC1CCNC(c2ccccc2)C1)c1ncc2[nH]ccc2n1. The Kier molecular flexibility index (Phi) is 4.30. The summed E-state index contributed by atoms with van der Waals surface area (Å²) in [5.41, 5.74) is 3.43.